The van der Waals surface area contributed by atoms with Gasteiger partial charge in [0.15, 0.2) is 34.5 Å². The van der Waals surface area contributed by atoms with Crippen LogP contribution in [0.4, 0.5) is 21.2 Å². The summed E-state index contributed by atoms with van der Waals surface area (Å²) in [6.45, 7) is 21.9. The van der Waals surface area contributed by atoms with Gasteiger partial charge in [-0.25, -0.2) is 29.5 Å². The monoisotopic (exact) mass is 1160 g/mol. The molecule has 2 amide bonds. The summed E-state index contributed by atoms with van der Waals surface area (Å²) >= 11 is 0. The van der Waals surface area contributed by atoms with E-state index in [1.165, 1.54) is 11.8 Å². The molecule has 2 saturated heterocycles. The zero-order valence-electron chi connectivity index (χ0n) is 50.0. The Hall–Kier alpha value is -9.32. The number of benzene rings is 2. The number of aromatic nitrogens is 8. The molecule has 2 aliphatic rings. The molecular weight excluding hydrogens is 1090 g/mol. The van der Waals surface area contributed by atoms with Crippen LogP contribution in [0.2, 0.25) is 0 Å². The fourth-order valence-corrected chi connectivity index (χ4v) is 8.96. The van der Waals surface area contributed by atoms with Gasteiger partial charge in [0.2, 0.25) is 0 Å². The molecule has 2 fully saturated rings. The number of nitrogen functional groups attached to an aromatic ring is 1. The first kappa shape index (κ1) is 61.2. The van der Waals surface area contributed by atoms with Gasteiger partial charge >= 0.3 is 12.2 Å². The summed E-state index contributed by atoms with van der Waals surface area (Å²) in [7, 11) is 0. The Kier molecular flexibility index (Phi) is 18.4. The third kappa shape index (κ3) is 15.3. The van der Waals surface area contributed by atoms with Crippen molar-refractivity contribution in [1.82, 2.24) is 50.9 Å². The van der Waals surface area contributed by atoms with Crippen molar-refractivity contribution in [3.63, 3.8) is 0 Å². The van der Waals surface area contributed by atoms with E-state index in [-0.39, 0.29) is 23.1 Å². The maximum absolute atomic E-state index is 13.6. The van der Waals surface area contributed by atoms with Gasteiger partial charge in [0.1, 0.15) is 22.6 Å². The standard InChI is InChI=1S/C37H43N7O6.C27H27N7O2/c1-35(2,3)48-33(45)44(34(46)49-36(4,5)6)32-31(42-28(20-41-32)25-13-15-39-30(17-25)37(7,8)22-38)29-18-27(43-50-29)24-11-9-23(10-12-24)19-40-26-14-16-47-21-26;1-27(2,16-28)24-11-19(7-9-30-24)22-14-32-26(29)25(33-22)23-12-21(34-36-23)18-5-3-17(4-6-18)13-31-20-8-10-35-15-20/h9-13,15,17-18,20,26,40H,14,16,19,21H2,1-8H3;3-7,9,11-12,14,20,31H,8,10,13,15H2,1-2H3,(H2,29,32)/t26-;20-/m00/s1. The van der Waals surface area contributed by atoms with Crippen LogP contribution in [0.15, 0.2) is 119 Å². The van der Waals surface area contributed by atoms with Gasteiger partial charge in [-0.15, -0.1) is 0 Å². The molecule has 6 aromatic heterocycles. The molecule has 2 aliphatic heterocycles. The van der Waals surface area contributed by atoms with Crippen LogP contribution in [0.3, 0.4) is 0 Å². The number of carbonyl (C=O) groups excluding carboxylic acids is 2. The van der Waals surface area contributed by atoms with Gasteiger partial charge in [0.05, 0.1) is 71.4 Å². The minimum atomic E-state index is -1.01. The van der Waals surface area contributed by atoms with E-state index in [4.69, 9.17) is 43.7 Å². The van der Waals surface area contributed by atoms with Crippen LogP contribution < -0.4 is 21.3 Å². The van der Waals surface area contributed by atoms with Crippen LogP contribution in [0, 0.1) is 22.7 Å². The number of ether oxygens (including phenoxy) is 4. The van der Waals surface area contributed by atoms with Crippen molar-refractivity contribution in [2.75, 3.05) is 37.1 Å². The molecule has 4 N–H and O–H groups in total. The molecule has 0 saturated carbocycles. The number of carbonyl (C=O) groups is 2. The highest BCUT2D eigenvalue weighted by atomic mass is 16.6. The number of nitriles is 2. The first-order chi connectivity index (χ1) is 41.0. The summed E-state index contributed by atoms with van der Waals surface area (Å²) in [6, 6.07) is 32.0. The first-order valence-electron chi connectivity index (χ1n) is 28.2. The van der Waals surface area contributed by atoms with Gasteiger partial charge in [0, 0.05) is 85.2 Å². The van der Waals surface area contributed by atoms with Crippen molar-refractivity contribution in [3.8, 4) is 80.1 Å². The molecule has 8 heterocycles. The summed E-state index contributed by atoms with van der Waals surface area (Å²) in [5, 5.41) is 34.7. The van der Waals surface area contributed by atoms with Crippen LogP contribution >= 0.6 is 0 Å². The lowest BCUT2D eigenvalue weighted by Crippen LogP contribution is -2.44. The van der Waals surface area contributed by atoms with E-state index in [0.29, 0.717) is 81.3 Å². The van der Waals surface area contributed by atoms with E-state index in [9.17, 15) is 20.1 Å². The van der Waals surface area contributed by atoms with E-state index in [1.54, 1.807) is 92.2 Å². The smallest absolute Gasteiger partial charge is 0.425 e. The number of anilines is 2. The number of pyridine rings is 2. The average molecular weight is 1160 g/mol. The maximum atomic E-state index is 13.6. The summed E-state index contributed by atoms with van der Waals surface area (Å²) in [4.78, 5) is 55.1. The highest BCUT2D eigenvalue weighted by Gasteiger charge is 2.37. The maximum Gasteiger partial charge on any atom is 0.425 e. The molecule has 22 nitrogen and oxygen atoms in total. The number of nitrogens with one attached hydrogen (secondary N) is 2. The van der Waals surface area contributed by atoms with Gasteiger partial charge in [-0.05, 0) is 117 Å². The van der Waals surface area contributed by atoms with E-state index in [1.807, 2.05) is 68.4 Å². The highest BCUT2D eigenvalue weighted by molar-refractivity contribution is 6.10. The molecule has 8 aromatic rings. The zero-order valence-corrected chi connectivity index (χ0v) is 50.0. The Balaban J connectivity index is 0.000000216. The van der Waals surface area contributed by atoms with Gasteiger partial charge in [-0.2, -0.15) is 15.4 Å². The predicted octanol–water partition coefficient (Wildman–Crippen LogP) is 11.3. The molecule has 0 unspecified atom stereocenters. The summed E-state index contributed by atoms with van der Waals surface area (Å²) < 4.78 is 33.5. The summed E-state index contributed by atoms with van der Waals surface area (Å²) in [5.74, 6) is 0.629. The molecule has 0 spiro atoms. The number of nitrogens with zero attached hydrogens (tertiary/aromatic N) is 11. The van der Waals surface area contributed by atoms with Crippen molar-refractivity contribution in [1.29, 1.82) is 10.5 Å². The predicted molar refractivity (Wildman–Crippen MR) is 321 cm³/mol. The minimum Gasteiger partial charge on any atom is -0.443 e. The van der Waals surface area contributed by atoms with Crippen molar-refractivity contribution in [2.45, 2.75) is 129 Å². The molecule has 10 rings (SSSR count). The normalized spacial score (nSPS) is 15.3. The Morgan fingerprint density at radius 2 is 1.01 bits per heavy atom. The van der Waals surface area contributed by atoms with Crippen LogP contribution in [0.5, 0.6) is 0 Å². The molecule has 0 radical (unpaired) electrons. The molecule has 0 bridgehead atoms. The lowest BCUT2D eigenvalue weighted by molar-refractivity contribution is 0.0428. The minimum absolute atomic E-state index is 0.0375. The van der Waals surface area contributed by atoms with Gasteiger partial charge in [-0.3, -0.25) is 9.97 Å². The largest absolute Gasteiger partial charge is 0.443 e. The second kappa shape index (κ2) is 25.9. The summed E-state index contributed by atoms with van der Waals surface area (Å²) in [5.41, 5.74) is 11.8. The Morgan fingerprint density at radius 3 is 1.43 bits per heavy atom. The lowest BCUT2D eigenvalue weighted by atomic mass is 9.90. The Labute approximate surface area is 499 Å². The van der Waals surface area contributed by atoms with Gasteiger partial charge in [-0.1, -0.05) is 58.8 Å². The topological polar surface area (TPSA) is 301 Å². The highest BCUT2D eigenvalue weighted by Crippen LogP contribution is 2.36. The number of rotatable bonds is 15. The van der Waals surface area contributed by atoms with Gasteiger partial charge in [0.25, 0.3) is 0 Å². The number of imide groups is 1. The number of hydrogen-bond donors (Lipinski definition) is 3. The third-order valence-corrected chi connectivity index (χ3v) is 13.9. The van der Waals surface area contributed by atoms with Crippen LogP contribution in [0.25, 0.3) is 67.9 Å². The molecule has 2 atom stereocenters. The number of amides is 2. The fourth-order valence-electron chi connectivity index (χ4n) is 8.96. The van der Waals surface area contributed by atoms with E-state index in [2.05, 4.69) is 65.2 Å². The molecule has 0 aliphatic carbocycles. The molecule has 86 heavy (non-hydrogen) atoms. The van der Waals surface area contributed by atoms with Crippen LogP contribution in [0.1, 0.15) is 105 Å². The van der Waals surface area contributed by atoms with Crippen molar-refractivity contribution >= 4 is 23.8 Å². The van der Waals surface area contributed by atoms with Crippen molar-refractivity contribution in [3.05, 3.63) is 132 Å². The van der Waals surface area contributed by atoms with E-state index < -0.39 is 34.2 Å². The van der Waals surface area contributed by atoms with Crippen LogP contribution in [-0.2, 0) is 42.9 Å². The number of nitrogens with two attached hydrogens (primary N) is 1. The van der Waals surface area contributed by atoms with E-state index >= 15 is 0 Å². The van der Waals surface area contributed by atoms with Crippen LogP contribution in [-0.4, -0.2) is 102 Å². The van der Waals surface area contributed by atoms with Crippen molar-refractivity contribution < 1.29 is 37.6 Å². The average Bonchev–Trinajstić information content (AvgIpc) is 3.59. The second-order valence-corrected chi connectivity index (χ2v) is 24.0. The molecule has 2 aromatic carbocycles. The van der Waals surface area contributed by atoms with Gasteiger partial charge < -0.3 is 44.4 Å². The van der Waals surface area contributed by atoms with E-state index in [0.717, 1.165) is 61.5 Å². The Bertz CT molecular complexity index is 3740. The quantitative estimate of drug-likeness (QED) is 0.0859. The zero-order chi connectivity index (χ0) is 61.4. The Morgan fingerprint density at radius 1 is 0.581 bits per heavy atom. The first-order valence-corrected chi connectivity index (χ1v) is 28.2. The molecule has 22 heteroatoms. The summed E-state index contributed by atoms with van der Waals surface area (Å²) in [6.07, 6.45) is 6.28. The lowest BCUT2D eigenvalue weighted by Gasteiger charge is -2.28. The molecular formula is C64H70N14O8. The second-order valence-electron chi connectivity index (χ2n) is 24.0. The third-order valence-electron chi connectivity index (χ3n) is 13.9. The fraction of sp³-hybridized carbons (Fsp3) is 0.375. The molecule has 444 valence electrons. The van der Waals surface area contributed by atoms with Crippen molar-refractivity contribution in [2.24, 2.45) is 0 Å². The number of hydrogen-bond acceptors (Lipinski definition) is 21. The SMILES string of the molecule is CC(C)(C#N)c1cc(-c2cnc(N)c(-c3cc(-c4ccc(CN[C@H]5CCOC5)cc4)no3)n2)ccn1.CC(C)(C)OC(=O)N(C(=O)OC(C)(C)C)c1ncc(-c2ccnc(C(C)(C)C#N)c2)nc1-c1cc(-c2ccc(CN[C@H]3CCOC3)cc2)no1.